The van der Waals surface area contributed by atoms with Gasteiger partial charge in [0.2, 0.25) is 0 Å². The second-order valence-electron chi connectivity index (χ2n) is 9.03. The van der Waals surface area contributed by atoms with Gasteiger partial charge in [0.1, 0.15) is 23.7 Å². The van der Waals surface area contributed by atoms with E-state index >= 15 is 0 Å². The summed E-state index contributed by atoms with van der Waals surface area (Å²) in [4.78, 5) is 16.3. The summed E-state index contributed by atoms with van der Waals surface area (Å²) in [6.07, 6.45) is 1.37. The van der Waals surface area contributed by atoms with Crippen LogP contribution in [0.4, 0.5) is 0 Å². The fourth-order valence-electron chi connectivity index (χ4n) is 4.12. The van der Waals surface area contributed by atoms with Gasteiger partial charge in [0, 0.05) is 32.7 Å². The molecule has 0 atom stereocenters. The number of aryl methyl sites for hydroxylation is 1. The Morgan fingerprint density at radius 1 is 0.939 bits per heavy atom. The number of hydrogen-bond donors (Lipinski definition) is 1. The van der Waals surface area contributed by atoms with Crippen LogP contribution in [0.2, 0.25) is 0 Å². The average Bonchev–Trinajstić information content (AvgIpc) is 2.85. The third-order valence-corrected chi connectivity index (χ3v) is 6.37. The molecule has 2 aromatic carbocycles. The van der Waals surface area contributed by atoms with Gasteiger partial charge in [-0.05, 0) is 49.6 Å². The molecule has 0 radical (unpaired) electrons. The molecule has 2 saturated heterocycles. The van der Waals surface area contributed by atoms with Gasteiger partial charge in [0.25, 0.3) is 5.91 Å². The average molecular weight is 455 g/mol. The molecule has 33 heavy (non-hydrogen) atoms. The second-order valence-corrected chi connectivity index (χ2v) is 9.03. The minimum atomic E-state index is -0.786. The maximum atomic E-state index is 12.2. The van der Waals surface area contributed by atoms with Crippen LogP contribution < -0.4 is 9.47 Å². The molecular formula is C26H34N2O5. The lowest BCUT2D eigenvalue weighted by Crippen LogP contribution is -2.47. The van der Waals surface area contributed by atoms with Crippen molar-refractivity contribution in [2.75, 3.05) is 52.6 Å². The van der Waals surface area contributed by atoms with Gasteiger partial charge in [-0.3, -0.25) is 9.69 Å². The number of carbonyl (C=O) groups excluding carboxylic acids is 1. The summed E-state index contributed by atoms with van der Waals surface area (Å²) < 4.78 is 16.8. The van der Waals surface area contributed by atoms with Crippen molar-refractivity contribution in [3.63, 3.8) is 0 Å². The van der Waals surface area contributed by atoms with Crippen molar-refractivity contribution in [2.24, 2.45) is 0 Å². The van der Waals surface area contributed by atoms with E-state index in [2.05, 4.69) is 4.90 Å². The number of carbonyl (C=O) groups is 1. The zero-order valence-electron chi connectivity index (χ0n) is 19.4. The number of hydrogen-bond acceptors (Lipinski definition) is 6. The highest BCUT2D eigenvalue weighted by Gasteiger charge is 2.33. The highest BCUT2D eigenvalue weighted by molar-refractivity contribution is 5.77. The van der Waals surface area contributed by atoms with Crippen LogP contribution >= 0.6 is 0 Å². The SMILES string of the molecule is Cc1ccc(OCC2(O)CCN(Cc3ccc(OCC(=O)N4CCOCC4)cc3)CC2)cc1. The van der Waals surface area contributed by atoms with E-state index in [1.165, 1.54) is 11.1 Å². The largest absolute Gasteiger partial charge is 0.491 e. The number of morpholine rings is 1. The summed E-state index contributed by atoms with van der Waals surface area (Å²) in [6, 6.07) is 15.8. The van der Waals surface area contributed by atoms with E-state index in [4.69, 9.17) is 14.2 Å². The molecule has 0 aromatic heterocycles. The van der Waals surface area contributed by atoms with Crippen molar-refractivity contribution in [3.05, 3.63) is 59.7 Å². The van der Waals surface area contributed by atoms with E-state index in [1.54, 1.807) is 4.90 Å². The molecule has 0 aliphatic carbocycles. The molecule has 0 spiro atoms. The first-order chi connectivity index (χ1) is 16.0. The maximum absolute atomic E-state index is 12.2. The summed E-state index contributed by atoms with van der Waals surface area (Å²) >= 11 is 0. The van der Waals surface area contributed by atoms with Gasteiger partial charge in [-0.25, -0.2) is 0 Å². The van der Waals surface area contributed by atoms with Gasteiger partial charge in [-0.2, -0.15) is 0 Å². The smallest absolute Gasteiger partial charge is 0.260 e. The Morgan fingerprint density at radius 2 is 1.55 bits per heavy atom. The molecule has 4 rings (SSSR count). The number of benzene rings is 2. The molecular weight excluding hydrogens is 420 g/mol. The van der Waals surface area contributed by atoms with Crippen LogP contribution in [0, 0.1) is 6.92 Å². The lowest BCUT2D eigenvalue weighted by atomic mass is 9.92. The molecule has 0 bridgehead atoms. The predicted molar refractivity (Wildman–Crippen MR) is 125 cm³/mol. The van der Waals surface area contributed by atoms with Crippen LogP contribution in [-0.2, 0) is 16.1 Å². The minimum Gasteiger partial charge on any atom is -0.491 e. The van der Waals surface area contributed by atoms with Crippen LogP contribution in [0.5, 0.6) is 11.5 Å². The van der Waals surface area contributed by atoms with Crippen molar-refractivity contribution in [2.45, 2.75) is 31.9 Å². The Hall–Kier alpha value is -2.61. The first-order valence-electron chi connectivity index (χ1n) is 11.7. The van der Waals surface area contributed by atoms with Gasteiger partial charge in [-0.15, -0.1) is 0 Å². The number of nitrogens with zero attached hydrogens (tertiary/aromatic N) is 2. The van der Waals surface area contributed by atoms with Crippen LogP contribution in [0.15, 0.2) is 48.5 Å². The number of aliphatic hydroxyl groups is 1. The monoisotopic (exact) mass is 454 g/mol. The van der Waals surface area contributed by atoms with E-state index in [-0.39, 0.29) is 12.5 Å². The standard InChI is InChI=1S/C26H34N2O5/c1-21-2-6-24(7-3-21)33-20-26(30)10-12-27(13-11-26)18-22-4-8-23(9-5-22)32-19-25(29)28-14-16-31-17-15-28/h2-9,30H,10-20H2,1H3. The third-order valence-electron chi connectivity index (χ3n) is 6.37. The van der Waals surface area contributed by atoms with Gasteiger partial charge >= 0.3 is 0 Å². The van der Waals surface area contributed by atoms with E-state index in [9.17, 15) is 9.90 Å². The molecule has 1 amide bonds. The molecule has 7 heteroatoms. The molecule has 1 N–H and O–H groups in total. The maximum Gasteiger partial charge on any atom is 0.260 e. The minimum absolute atomic E-state index is 0.00506. The summed E-state index contributed by atoms with van der Waals surface area (Å²) in [5.74, 6) is 1.49. The summed E-state index contributed by atoms with van der Waals surface area (Å²) in [5.41, 5.74) is 1.59. The van der Waals surface area contributed by atoms with Crippen LogP contribution in [0.3, 0.4) is 0 Å². The Balaban J connectivity index is 1.18. The van der Waals surface area contributed by atoms with E-state index < -0.39 is 5.60 Å². The molecule has 2 fully saturated rings. The van der Waals surface area contributed by atoms with Crippen LogP contribution in [0.25, 0.3) is 0 Å². The first-order valence-corrected chi connectivity index (χ1v) is 11.7. The lowest BCUT2D eigenvalue weighted by Gasteiger charge is -2.38. The first kappa shape index (κ1) is 23.5. The fourth-order valence-corrected chi connectivity index (χ4v) is 4.12. The normalized spacial score (nSPS) is 18.7. The van der Waals surface area contributed by atoms with Crippen LogP contribution in [-0.4, -0.2) is 79.0 Å². The Labute approximate surface area is 195 Å². The summed E-state index contributed by atoms with van der Waals surface area (Å²) in [6.45, 7) is 7.31. The van der Waals surface area contributed by atoms with Gasteiger partial charge in [0.05, 0.1) is 13.2 Å². The zero-order chi connectivity index (χ0) is 23.1. The molecule has 0 saturated carbocycles. The van der Waals surface area contributed by atoms with E-state index in [0.29, 0.717) is 51.5 Å². The van der Waals surface area contributed by atoms with Crippen molar-refractivity contribution >= 4 is 5.91 Å². The van der Waals surface area contributed by atoms with Gasteiger partial charge in [0.15, 0.2) is 6.61 Å². The van der Waals surface area contributed by atoms with Gasteiger partial charge in [-0.1, -0.05) is 29.8 Å². The number of likely N-dealkylation sites (tertiary alicyclic amines) is 1. The van der Waals surface area contributed by atoms with E-state index in [1.807, 2.05) is 55.5 Å². The molecule has 7 nitrogen and oxygen atoms in total. The number of rotatable bonds is 8. The Morgan fingerprint density at radius 3 is 2.21 bits per heavy atom. The predicted octanol–water partition coefficient (Wildman–Crippen LogP) is 2.64. The summed E-state index contributed by atoms with van der Waals surface area (Å²) in [7, 11) is 0. The third kappa shape index (κ3) is 6.93. The lowest BCUT2D eigenvalue weighted by molar-refractivity contribution is -0.137. The number of ether oxygens (including phenoxy) is 3. The highest BCUT2D eigenvalue weighted by atomic mass is 16.5. The topological polar surface area (TPSA) is 71.5 Å². The van der Waals surface area contributed by atoms with Crippen molar-refractivity contribution in [1.29, 1.82) is 0 Å². The van der Waals surface area contributed by atoms with Crippen LogP contribution in [0.1, 0.15) is 24.0 Å². The fraction of sp³-hybridized carbons (Fsp3) is 0.500. The molecule has 2 aliphatic heterocycles. The van der Waals surface area contributed by atoms with Crippen molar-refractivity contribution in [3.8, 4) is 11.5 Å². The molecule has 178 valence electrons. The quantitative estimate of drug-likeness (QED) is 0.661. The molecule has 2 aromatic rings. The zero-order valence-corrected chi connectivity index (χ0v) is 19.4. The molecule has 2 aliphatic rings. The molecule has 0 unspecified atom stereocenters. The Kier molecular flexibility index (Phi) is 7.85. The molecule has 2 heterocycles. The second kappa shape index (κ2) is 11.0. The highest BCUT2D eigenvalue weighted by Crippen LogP contribution is 2.25. The summed E-state index contributed by atoms with van der Waals surface area (Å²) in [5, 5.41) is 10.9. The van der Waals surface area contributed by atoms with Crippen molar-refractivity contribution < 1.29 is 24.1 Å². The van der Waals surface area contributed by atoms with E-state index in [0.717, 1.165) is 25.4 Å². The Bertz CT molecular complexity index is 886. The van der Waals surface area contributed by atoms with Crippen molar-refractivity contribution in [1.82, 2.24) is 9.80 Å². The number of amides is 1. The number of piperidine rings is 1. The van der Waals surface area contributed by atoms with Gasteiger partial charge < -0.3 is 24.2 Å².